The van der Waals surface area contributed by atoms with Gasteiger partial charge in [-0.15, -0.1) is 0 Å². The van der Waals surface area contributed by atoms with Crippen LogP contribution in [-0.2, 0) is 11.3 Å². The summed E-state index contributed by atoms with van der Waals surface area (Å²) in [6.45, 7) is 1.56. The Balaban J connectivity index is 2.33. The van der Waals surface area contributed by atoms with Crippen molar-refractivity contribution in [2.45, 2.75) is 25.9 Å². The molecule has 0 aromatic heterocycles. The third-order valence-corrected chi connectivity index (χ3v) is 3.48. The van der Waals surface area contributed by atoms with Gasteiger partial charge < -0.3 is 5.32 Å². The fourth-order valence-electron chi connectivity index (χ4n) is 2.04. The van der Waals surface area contributed by atoms with Gasteiger partial charge in [-0.2, -0.15) is 0 Å². The fourth-order valence-corrected chi connectivity index (χ4v) is 2.27. The molecule has 1 aromatic carbocycles. The molecule has 1 aliphatic rings. The Hall–Kier alpha value is -2.15. The van der Waals surface area contributed by atoms with E-state index in [2.05, 4.69) is 5.32 Å². The van der Waals surface area contributed by atoms with Gasteiger partial charge in [0.25, 0.3) is 11.6 Å². The van der Waals surface area contributed by atoms with Gasteiger partial charge in [-0.25, -0.2) is 4.79 Å². The van der Waals surface area contributed by atoms with Crippen molar-refractivity contribution in [3.63, 3.8) is 0 Å². The van der Waals surface area contributed by atoms with Crippen LogP contribution < -0.4 is 5.32 Å². The highest BCUT2D eigenvalue weighted by Crippen LogP contribution is 2.28. The van der Waals surface area contributed by atoms with Gasteiger partial charge in [-0.1, -0.05) is 24.6 Å². The predicted octanol–water partition coefficient (Wildman–Crippen LogP) is 2.08. The molecule has 1 fully saturated rings. The zero-order valence-electron chi connectivity index (χ0n) is 10.6. The predicted molar refractivity (Wildman–Crippen MR) is 71.3 cm³/mol. The lowest BCUT2D eigenvalue weighted by atomic mass is 10.1. The minimum absolute atomic E-state index is 0.152. The summed E-state index contributed by atoms with van der Waals surface area (Å²) < 4.78 is 0. The van der Waals surface area contributed by atoms with E-state index in [0.29, 0.717) is 6.42 Å². The second-order valence-electron chi connectivity index (χ2n) is 4.33. The van der Waals surface area contributed by atoms with Crippen LogP contribution in [0.2, 0.25) is 5.02 Å². The van der Waals surface area contributed by atoms with Gasteiger partial charge in [0.2, 0.25) is 0 Å². The summed E-state index contributed by atoms with van der Waals surface area (Å²) >= 11 is 5.94. The first-order valence-electron chi connectivity index (χ1n) is 5.99. The smallest absolute Gasteiger partial charge is 0.325 e. The van der Waals surface area contributed by atoms with Crippen molar-refractivity contribution >= 4 is 29.2 Å². The molecule has 3 amide bonds. The highest BCUT2D eigenvalue weighted by Gasteiger charge is 2.38. The molecule has 1 heterocycles. The SMILES string of the molecule is CC[C@H]1NC(=O)N(Cc2c(Cl)cccc2[N+](=O)[O-])C1=O. The number of nitro benzene ring substituents is 1. The molecule has 1 N–H and O–H groups in total. The van der Waals surface area contributed by atoms with Crippen LogP contribution in [0.4, 0.5) is 10.5 Å². The van der Waals surface area contributed by atoms with E-state index in [1.54, 1.807) is 6.92 Å². The number of carbonyl (C=O) groups excluding carboxylic acids is 2. The molecule has 0 bridgehead atoms. The summed E-state index contributed by atoms with van der Waals surface area (Å²) in [5.74, 6) is -0.397. The summed E-state index contributed by atoms with van der Waals surface area (Å²) in [6.07, 6.45) is 0.464. The summed E-state index contributed by atoms with van der Waals surface area (Å²) in [7, 11) is 0. The van der Waals surface area contributed by atoms with E-state index < -0.39 is 22.9 Å². The van der Waals surface area contributed by atoms with Crippen LogP contribution >= 0.6 is 11.6 Å². The van der Waals surface area contributed by atoms with Crippen LogP contribution in [0.25, 0.3) is 0 Å². The van der Waals surface area contributed by atoms with Gasteiger partial charge in [-0.3, -0.25) is 19.8 Å². The zero-order valence-corrected chi connectivity index (χ0v) is 11.4. The number of amides is 3. The molecular formula is C12H12ClN3O4. The quantitative estimate of drug-likeness (QED) is 0.523. The van der Waals surface area contributed by atoms with E-state index in [-0.39, 0.29) is 22.8 Å². The number of hydrogen-bond donors (Lipinski definition) is 1. The second-order valence-corrected chi connectivity index (χ2v) is 4.74. The van der Waals surface area contributed by atoms with E-state index in [0.717, 1.165) is 4.90 Å². The number of nitro groups is 1. The topological polar surface area (TPSA) is 92.6 Å². The number of carbonyl (C=O) groups is 2. The number of urea groups is 1. The summed E-state index contributed by atoms with van der Waals surface area (Å²) in [5, 5.41) is 13.6. The lowest BCUT2D eigenvalue weighted by Crippen LogP contribution is -2.31. The zero-order chi connectivity index (χ0) is 14.9. The lowest BCUT2D eigenvalue weighted by Gasteiger charge is -2.14. The number of imide groups is 1. The van der Waals surface area contributed by atoms with Crippen molar-refractivity contribution < 1.29 is 14.5 Å². The van der Waals surface area contributed by atoms with Gasteiger partial charge in [0, 0.05) is 6.07 Å². The van der Waals surface area contributed by atoms with Crippen molar-refractivity contribution in [1.82, 2.24) is 10.2 Å². The number of rotatable bonds is 4. The van der Waals surface area contributed by atoms with Gasteiger partial charge in [-0.05, 0) is 12.5 Å². The minimum atomic E-state index is -0.586. The average Bonchev–Trinajstić information content (AvgIpc) is 2.67. The first-order chi connectivity index (χ1) is 9.45. The Labute approximate surface area is 119 Å². The molecule has 0 saturated carbocycles. The number of hydrogen-bond acceptors (Lipinski definition) is 4. The fraction of sp³-hybridized carbons (Fsp3) is 0.333. The van der Waals surface area contributed by atoms with Crippen LogP contribution in [0.5, 0.6) is 0 Å². The summed E-state index contributed by atoms with van der Waals surface area (Å²) in [4.78, 5) is 35.0. The molecule has 106 valence electrons. The second kappa shape index (κ2) is 5.46. The standard InChI is InChI=1S/C12H12ClN3O4/c1-2-9-11(17)15(12(18)14-9)6-7-8(13)4-3-5-10(7)16(19)20/h3-5,9H,2,6H2,1H3,(H,14,18)/t9-/m1/s1. The maximum atomic E-state index is 12.0. The van der Waals surface area contributed by atoms with Crippen molar-refractivity contribution in [3.8, 4) is 0 Å². The highest BCUT2D eigenvalue weighted by molar-refractivity contribution is 6.31. The van der Waals surface area contributed by atoms with E-state index in [1.165, 1.54) is 18.2 Å². The molecular weight excluding hydrogens is 286 g/mol. The van der Waals surface area contributed by atoms with Crippen LogP contribution in [-0.4, -0.2) is 27.8 Å². The molecule has 7 nitrogen and oxygen atoms in total. The monoisotopic (exact) mass is 297 g/mol. The van der Waals surface area contributed by atoms with Crippen LogP contribution in [0, 0.1) is 10.1 Å². The van der Waals surface area contributed by atoms with Gasteiger partial charge in [0.1, 0.15) is 6.04 Å². The molecule has 0 unspecified atom stereocenters. The highest BCUT2D eigenvalue weighted by atomic mass is 35.5. The molecule has 20 heavy (non-hydrogen) atoms. The molecule has 1 aromatic rings. The minimum Gasteiger partial charge on any atom is -0.326 e. The van der Waals surface area contributed by atoms with Crippen LogP contribution in [0.1, 0.15) is 18.9 Å². The van der Waals surface area contributed by atoms with Gasteiger partial charge in [0.05, 0.1) is 22.1 Å². The maximum absolute atomic E-state index is 12.0. The Morgan fingerprint density at radius 1 is 1.45 bits per heavy atom. The molecule has 8 heteroatoms. The van der Waals surface area contributed by atoms with Crippen molar-refractivity contribution in [1.29, 1.82) is 0 Å². The lowest BCUT2D eigenvalue weighted by molar-refractivity contribution is -0.385. The van der Waals surface area contributed by atoms with E-state index in [4.69, 9.17) is 11.6 Å². The molecule has 1 atom stereocenters. The number of nitrogens with zero attached hydrogens (tertiary/aromatic N) is 2. The van der Waals surface area contributed by atoms with E-state index >= 15 is 0 Å². The largest absolute Gasteiger partial charge is 0.326 e. The molecule has 0 spiro atoms. The Morgan fingerprint density at radius 2 is 2.15 bits per heavy atom. The van der Waals surface area contributed by atoms with Crippen molar-refractivity contribution in [2.75, 3.05) is 0 Å². The van der Waals surface area contributed by atoms with Crippen molar-refractivity contribution in [2.24, 2.45) is 0 Å². The van der Waals surface area contributed by atoms with E-state index in [1.807, 2.05) is 0 Å². The van der Waals surface area contributed by atoms with Crippen LogP contribution in [0.15, 0.2) is 18.2 Å². The third kappa shape index (κ3) is 2.44. The molecule has 2 rings (SSSR count). The third-order valence-electron chi connectivity index (χ3n) is 3.12. The number of benzene rings is 1. The van der Waals surface area contributed by atoms with Crippen LogP contribution in [0.3, 0.4) is 0 Å². The Morgan fingerprint density at radius 3 is 2.70 bits per heavy atom. The normalized spacial score (nSPS) is 18.3. The van der Waals surface area contributed by atoms with E-state index in [9.17, 15) is 19.7 Å². The van der Waals surface area contributed by atoms with Crippen molar-refractivity contribution in [3.05, 3.63) is 38.9 Å². The molecule has 0 radical (unpaired) electrons. The summed E-state index contributed by atoms with van der Waals surface area (Å²) in [6, 6.07) is 3.08. The number of halogens is 1. The number of nitrogens with one attached hydrogen (secondary N) is 1. The van der Waals surface area contributed by atoms with Gasteiger partial charge >= 0.3 is 6.03 Å². The maximum Gasteiger partial charge on any atom is 0.325 e. The molecule has 1 saturated heterocycles. The first kappa shape index (κ1) is 14.3. The Bertz CT molecular complexity index is 590. The molecule has 0 aliphatic carbocycles. The van der Waals surface area contributed by atoms with Gasteiger partial charge in [0.15, 0.2) is 0 Å². The first-order valence-corrected chi connectivity index (χ1v) is 6.37. The Kier molecular flexibility index (Phi) is 3.89. The summed E-state index contributed by atoms with van der Waals surface area (Å²) in [5.41, 5.74) is -0.0579. The average molecular weight is 298 g/mol. The molecule has 1 aliphatic heterocycles.